The van der Waals surface area contributed by atoms with Crippen LogP contribution in [0.4, 0.5) is 5.69 Å². The molecule has 0 saturated carbocycles. The van der Waals surface area contributed by atoms with Crippen LogP contribution in [0.3, 0.4) is 0 Å². The first-order valence-corrected chi connectivity index (χ1v) is 7.61. The number of hydrogen-bond acceptors (Lipinski definition) is 3. The molecule has 1 unspecified atom stereocenters. The number of rotatable bonds is 1. The minimum absolute atomic E-state index is 0.493. The normalized spacial score (nSPS) is 19.6. The van der Waals surface area contributed by atoms with Crippen molar-refractivity contribution >= 4 is 41.5 Å². The number of hydroxylamine groups is 1. The molecular weight excluding hydrogens is 318 g/mol. The Morgan fingerprint density at radius 2 is 1.95 bits per heavy atom. The predicted molar refractivity (Wildman–Crippen MR) is 94.5 cm³/mol. The summed E-state index contributed by atoms with van der Waals surface area (Å²) in [5, 5.41) is 15.8. The van der Waals surface area contributed by atoms with E-state index in [1.807, 2.05) is 36.4 Å². The van der Waals surface area contributed by atoms with Crippen LogP contribution in [0.25, 0.3) is 0 Å². The van der Waals surface area contributed by atoms with E-state index in [-0.39, 0.29) is 0 Å². The summed E-state index contributed by atoms with van der Waals surface area (Å²) >= 11 is 10.5. The molecule has 2 aromatic carbocycles. The molecule has 0 amide bonds. The quantitative estimate of drug-likeness (QED) is 0.478. The van der Waals surface area contributed by atoms with Gasteiger partial charge in [0.15, 0.2) is 5.84 Å². The third-order valence-electron chi connectivity index (χ3n) is 3.47. The highest BCUT2D eigenvalue weighted by atomic mass is 35.5. The maximum absolute atomic E-state index is 12.8. The zero-order valence-corrected chi connectivity index (χ0v) is 13.5. The highest BCUT2D eigenvalue weighted by molar-refractivity contribution is 7.81. The second kappa shape index (κ2) is 6.02. The van der Waals surface area contributed by atoms with Gasteiger partial charge < -0.3 is 10.5 Å². The van der Waals surface area contributed by atoms with Crippen LogP contribution in [0, 0.1) is 5.21 Å². The van der Waals surface area contributed by atoms with Gasteiger partial charge >= 0.3 is 0 Å². The standard InChI is InChI=1S/C16H14ClN3OS/c1-18-15-16(22)20(21)14(10-5-3-2-4-6-10)12-9-11(17)7-8-13(12)19-15/h2-9,16,22H,1H3,(H,18,19). The molecule has 112 valence electrons. The zero-order valence-electron chi connectivity index (χ0n) is 11.8. The molecule has 6 heteroatoms. The van der Waals surface area contributed by atoms with Crippen LogP contribution in [-0.4, -0.2) is 28.7 Å². The van der Waals surface area contributed by atoms with Crippen molar-refractivity contribution in [1.29, 1.82) is 0 Å². The lowest BCUT2D eigenvalue weighted by Gasteiger charge is -2.14. The van der Waals surface area contributed by atoms with Crippen LogP contribution < -0.4 is 5.32 Å². The molecule has 0 aromatic heterocycles. The Hall–Kier alpha value is -1.98. The molecule has 22 heavy (non-hydrogen) atoms. The Morgan fingerprint density at radius 3 is 2.64 bits per heavy atom. The fourth-order valence-corrected chi connectivity index (χ4v) is 2.89. The number of aliphatic imine (C=N–C) groups is 1. The van der Waals surface area contributed by atoms with Crippen molar-refractivity contribution in [2.75, 3.05) is 12.4 Å². The van der Waals surface area contributed by atoms with E-state index < -0.39 is 5.37 Å². The summed E-state index contributed by atoms with van der Waals surface area (Å²) < 4.78 is 0.857. The summed E-state index contributed by atoms with van der Waals surface area (Å²) in [6.45, 7) is 0. The molecule has 0 aliphatic carbocycles. The molecule has 1 aliphatic heterocycles. The Balaban J connectivity index is 2.32. The van der Waals surface area contributed by atoms with Gasteiger partial charge in [-0.1, -0.05) is 42.4 Å². The third-order valence-corrected chi connectivity index (χ3v) is 4.16. The van der Waals surface area contributed by atoms with Gasteiger partial charge in [0.25, 0.3) is 5.37 Å². The lowest BCUT2D eigenvalue weighted by Crippen LogP contribution is -2.32. The average molecular weight is 332 g/mol. The molecule has 0 fully saturated rings. The molecule has 1 heterocycles. The fraction of sp³-hybridized carbons (Fsp3) is 0.125. The second-order valence-corrected chi connectivity index (χ2v) is 5.76. The van der Waals surface area contributed by atoms with Gasteiger partial charge in [-0.15, -0.1) is 0 Å². The number of nitrogens with one attached hydrogen (secondary N) is 1. The molecular formula is C16H14ClN3OS. The monoisotopic (exact) mass is 331 g/mol. The largest absolute Gasteiger partial charge is 0.622 e. The molecule has 2 aromatic rings. The lowest BCUT2D eigenvalue weighted by molar-refractivity contribution is -0.452. The number of benzodiazepines with no additional fused rings is 1. The molecule has 3 rings (SSSR count). The van der Waals surface area contributed by atoms with Gasteiger partial charge in [0, 0.05) is 17.6 Å². The molecule has 0 radical (unpaired) electrons. The first-order chi connectivity index (χ1) is 10.6. The number of halogens is 1. The second-order valence-electron chi connectivity index (χ2n) is 4.84. The number of amidine groups is 1. The average Bonchev–Trinajstić information content (AvgIpc) is 2.64. The van der Waals surface area contributed by atoms with Gasteiger partial charge in [-0.05, 0) is 30.3 Å². The maximum Gasteiger partial charge on any atom is 0.264 e. The molecule has 1 aliphatic rings. The minimum atomic E-state index is -0.716. The SMILES string of the molecule is CN=C1Nc2ccc(Cl)cc2C(c2ccccc2)=[N+]([O-])C1S. The Morgan fingerprint density at radius 1 is 1.23 bits per heavy atom. The van der Waals surface area contributed by atoms with E-state index in [0.29, 0.717) is 16.6 Å². The lowest BCUT2D eigenvalue weighted by atomic mass is 10.0. The third kappa shape index (κ3) is 2.58. The van der Waals surface area contributed by atoms with E-state index in [2.05, 4.69) is 22.9 Å². The summed E-state index contributed by atoms with van der Waals surface area (Å²) in [7, 11) is 1.63. The summed E-state index contributed by atoms with van der Waals surface area (Å²) in [6, 6.07) is 14.9. The number of hydrogen-bond donors (Lipinski definition) is 2. The van der Waals surface area contributed by atoms with Crippen molar-refractivity contribution < 1.29 is 4.74 Å². The van der Waals surface area contributed by atoms with Gasteiger partial charge in [-0.3, -0.25) is 4.99 Å². The topological polar surface area (TPSA) is 50.5 Å². The Bertz CT molecular complexity index is 774. The molecule has 0 bridgehead atoms. The summed E-state index contributed by atoms with van der Waals surface area (Å²) in [5.74, 6) is 0.493. The van der Waals surface area contributed by atoms with Crippen molar-refractivity contribution in [2.24, 2.45) is 4.99 Å². The fourth-order valence-electron chi connectivity index (χ4n) is 2.43. The van der Waals surface area contributed by atoms with E-state index in [0.717, 1.165) is 21.6 Å². The first-order valence-electron chi connectivity index (χ1n) is 6.72. The number of fused-ring (bicyclic) bond motifs is 1. The van der Waals surface area contributed by atoms with Crippen LogP contribution in [-0.2, 0) is 0 Å². The number of anilines is 1. The Labute approximate surface area is 139 Å². The Kier molecular flexibility index (Phi) is 4.09. The van der Waals surface area contributed by atoms with Gasteiger partial charge in [-0.2, -0.15) is 4.74 Å². The highest BCUT2D eigenvalue weighted by Crippen LogP contribution is 2.27. The summed E-state index contributed by atoms with van der Waals surface area (Å²) in [5.41, 5.74) is 2.83. The first kappa shape index (κ1) is 14.9. The summed E-state index contributed by atoms with van der Waals surface area (Å²) in [4.78, 5) is 4.13. The van der Waals surface area contributed by atoms with Crippen LogP contribution in [0.5, 0.6) is 0 Å². The van der Waals surface area contributed by atoms with E-state index in [9.17, 15) is 5.21 Å². The van der Waals surface area contributed by atoms with E-state index in [1.54, 1.807) is 19.2 Å². The molecule has 0 saturated heterocycles. The van der Waals surface area contributed by atoms with Gasteiger partial charge in [0.2, 0.25) is 5.71 Å². The summed E-state index contributed by atoms with van der Waals surface area (Å²) in [6.07, 6.45) is 0. The van der Waals surface area contributed by atoms with Gasteiger partial charge in [0.05, 0.1) is 11.3 Å². The van der Waals surface area contributed by atoms with Crippen molar-refractivity contribution in [1.82, 2.24) is 0 Å². The van der Waals surface area contributed by atoms with Crippen molar-refractivity contribution in [3.63, 3.8) is 0 Å². The maximum atomic E-state index is 12.8. The molecule has 0 spiro atoms. The van der Waals surface area contributed by atoms with Gasteiger partial charge in [-0.25, -0.2) is 0 Å². The smallest absolute Gasteiger partial charge is 0.264 e. The van der Waals surface area contributed by atoms with Crippen molar-refractivity contribution in [3.05, 3.63) is 69.9 Å². The molecule has 1 atom stereocenters. The zero-order chi connectivity index (χ0) is 15.7. The number of thiol groups is 1. The van der Waals surface area contributed by atoms with E-state index >= 15 is 0 Å². The predicted octanol–water partition coefficient (Wildman–Crippen LogP) is 3.40. The van der Waals surface area contributed by atoms with Crippen LogP contribution in [0.1, 0.15) is 11.1 Å². The molecule has 1 N–H and O–H groups in total. The molecule has 4 nitrogen and oxygen atoms in total. The van der Waals surface area contributed by atoms with E-state index in [4.69, 9.17) is 11.6 Å². The van der Waals surface area contributed by atoms with E-state index in [1.165, 1.54) is 0 Å². The number of benzene rings is 2. The van der Waals surface area contributed by atoms with Crippen LogP contribution in [0.15, 0.2) is 53.5 Å². The van der Waals surface area contributed by atoms with Crippen LogP contribution >= 0.6 is 24.2 Å². The van der Waals surface area contributed by atoms with Gasteiger partial charge in [0.1, 0.15) is 0 Å². The van der Waals surface area contributed by atoms with Crippen molar-refractivity contribution in [2.45, 2.75) is 5.37 Å². The highest BCUT2D eigenvalue weighted by Gasteiger charge is 2.31. The van der Waals surface area contributed by atoms with Crippen molar-refractivity contribution in [3.8, 4) is 0 Å². The number of nitrogens with zero attached hydrogens (tertiary/aromatic N) is 2. The minimum Gasteiger partial charge on any atom is -0.622 e. The van der Waals surface area contributed by atoms with Crippen LogP contribution in [0.2, 0.25) is 5.02 Å².